The molecule has 1 aliphatic heterocycles. The summed E-state index contributed by atoms with van der Waals surface area (Å²) in [6.07, 6.45) is 1.43. The summed E-state index contributed by atoms with van der Waals surface area (Å²) >= 11 is 7.53. The molecule has 1 N–H and O–H groups in total. The van der Waals surface area contributed by atoms with Crippen molar-refractivity contribution in [2.45, 2.75) is 33.9 Å². The summed E-state index contributed by atoms with van der Waals surface area (Å²) < 4.78 is 14.2. The smallest absolute Gasteiger partial charge is 0.254 e. The number of ether oxygens (including phenoxy) is 1. The van der Waals surface area contributed by atoms with Gasteiger partial charge >= 0.3 is 0 Å². The van der Waals surface area contributed by atoms with E-state index >= 15 is 0 Å². The van der Waals surface area contributed by atoms with Crippen LogP contribution in [-0.2, 0) is 17.8 Å². The highest BCUT2D eigenvalue weighted by atomic mass is 35.5. The molecular weight excluding hydrogens is 554 g/mol. The molecule has 40 heavy (non-hydrogen) atoms. The van der Waals surface area contributed by atoms with Crippen LogP contribution in [0.4, 0.5) is 11.6 Å². The fourth-order valence-electron chi connectivity index (χ4n) is 4.35. The van der Waals surface area contributed by atoms with E-state index in [9.17, 15) is 14.4 Å². The van der Waals surface area contributed by atoms with Crippen molar-refractivity contribution in [2.24, 2.45) is 5.41 Å². The van der Waals surface area contributed by atoms with Crippen molar-refractivity contribution in [3.05, 3.63) is 74.1 Å². The minimum Gasteiger partial charge on any atom is -0.461 e. The molecule has 5 heterocycles. The topological polar surface area (TPSA) is 112 Å². The van der Waals surface area contributed by atoms with Gasteiger partial charge in [0.2, 0.25) is 5.78 Å². The number of carbonyl (C=O) groups is 2. The first-order valence-electron chi connectivity index (χ1n) is 12.9. The van der Waals surface area contributed by atoms with Crippen molar-refractivity contribution in [3.63, 3.8) is 0 Å². The van der Waals surface area contributed by atoms with Gasteiger partial charge in [-0.05, 0) is 30.3 Å². The standard InChI is InChI=1S/C28H30ClN5O5S/c1-28(2,3)27(37)34-24(30-16-19-6-7-23(29)40-19)15-20(31-34)18-13-25(32-8-11-38-12-9-32)33(26(36)14-18)17-21(35)22-5-4-10-39-22/h4-7,10,13-15,30H,8-9,11-12,16-17H2,1-3H3. The van der Waals surface area contributed by atoms with Crippen LogP contribution in [0, 0.1) is 5.41 Å². The van der Waals surface area contributed by atoms with E-state index < -0.39 is 5.41 Å². The van der Waals surface area contributed by atoms with Crippen molar-refractivity contribution in [1.82, 2.24) is 14.3 Å². The molecule has 0 atom stereocenters. The highest BCUT2D eigenvalue weighted by Crippen LogP contribution is 2.29. The van der Waals surface area contributed by atoms with E-state index in [1.54, 1.807) is 18.2 Å². The van der Waals surface area contributed by atoms with Gasteiger partial charge in [0.1, 0.15) is 11.6 Å². The van der Waals surface area contributed by atoms with E-state index in [-0.39, 0.29) is 29.6 Å². The monoisotopic (exact) mass is 583 g/mol. The molecule has 0 aromatic carbocycles. The van der Waals surface area contributed by atoms with Gasteiger partial charge in [-0.15, -0.1) is 11.3 Å². The average molecular weight is 584 g/mol. The first-order valence-corrected chi connectivity index (χ1v) is 14.1. The van der Waals surface area contributed by atoms with Crippen LogP contribution in [0.25, 0.3) is 11.3 Å². The predicted molar refractivity (Wildman–Crippen MR) is 155 cm³/mol. The zero-order chi connectivity index (χ0) is 28.4. The molecule has 0 spiro atoms. The van der Waals surface area contributed by atoms with Crippen LogP contribution in [0.15, 0.2) is 57.9 Å². The molecule has 10 nitrogen and oxygen atoms in total. The van der Waals surface area contributed by atoms with Crippen LogP contribution >= 0.6 is 22.9 Å². The van der Waals surface area contributed by atoms with E-state index in [0.29, 0.717) is 60.1 Å². The lowest BCUT2D eigenvalue weighted by Gasteiger charge is -2.31. The Morgan fingerprint density at radius 2 is 1.90 bits per heavy atom. The van der Waals surface area contributed by atoms with Crippen LogP contribution < -0.4 is 15.8 Å². The molecule has 4 aromatic heterocycles. The highest BCUT2D eigenvalue weighted by Gasteiger charge is 2.28. The van der Waals surface area contributed by atoms with Crippen molar-refractivity contribution in [1.29, 1.82) is 0 Å². The van der Waals surface area contributed by atoms with Gasteiger partial charge in [-0.2, -0.15) is 9.78 Å². The number of hydrogen-bond donors (Lipinski definition) is 1. The lowest BCUT2D eigenvalue weighted by Crippen LogP contribution is -2.40. The first-order chi connectivity index (χ1) is 19.1. The molecule has 1 saturated heterocycles. The maximum absolute atomic E-state index is 13.5. The molecule has 0 aliphatic carbocycles. The Hall–Kier alpha value is -3.67. The lowest BCUT2D eigenvalue weighted by atomic mass is 9.96. The van der Waals surface area contributed by atoms with Gasteiger partial charge in [-0.1, -0.05) is 32.4 Å². The third kappa shape index (κ3) is 6.06. The van der Waals surface area contributed by atoms with Crippen molar-refractivity contribution < 1.29 is 18.7 Å². The van der Waals surface area contributed by atoms with Gasteiger partial charge in [-0.3, -0.25) is 19.0 Å². The Labute approximate surface area is 240 Å². The number of hydrogen-bond acceptors (Lipinski definition) is 9. The normalized spacial score (nSPS) is 13.9. The van der Waals surface area contributed by atoms with Crippen LogP contribution in [0.1, 0.15) is 41.0 Å². The maximum Gasteiger partial charge on any atom is 0.254 e. The minimum atomic E-state index is -0.694. The van der Waals surface area contributed by atoms with E-state index in [4.69, 9.17) is 20.8 Å². The maximum atomic E-state index is 13.5. The average Bonchev–Trinajstić information content (AvgIpc) is 3.69. The number of carbonyl (C=O) groups excluding carboxylic acids is 2. The number of thiophene rings is 1. The molecular formula is C28H30ClN5O5S. The molecule has 1 aliphatic rings. The fourth-order valence-corrected chi connectivity index (χ4v) is 5.37. The molecule has 0 amide bonds. The number of ketones is 1. The Morgan fingerprint density at radius 1 is 1.12 bits per heavy atom. The summed E-state index contributed by atoms with van der Waals surface area (Å²) in [6, 6.07) is 12.0. The van der Waals surface area contributed by atoms with Crippen molar-refractivity contribution in [2.75, 3.05) is 36.5 Å². The quantitative estimate of drug-likeness (QED) is 0.287. The Bertz CT molecular complexity index is 1570. The number of furan rings is 1. The van der Waals surface area contributed by atoms with Crippen LogP contribution in [0.2, 0.25) is 4.34 Å². The van der Waals surface area contributed by atoms with Gasteiger partial charge in [0.15, 0.2) is 5.76 Å². The van der Waals surface area contributed by atoms with Crippen LogP contribution in [-0.4, -0.2) is 52.3 Å². The molecule has 5 rings (SSSR count). The number of Topliss-reactive ketones (excluding diaryl/α,β-unsaturated/α-hetero) is 1. The summed E-state index contributed by atoms with van der Waals surface area (Å²) in [5.74, 6) is 0.756. The van der Waals surface area contributed by atoms with E-state index in [2.05, 4.69) is 10.4 Å². The summed E-state index contributed by atoms with van der Waals surface area (Å²) in [5.41, 5.74) is -0.0600. The van der Waals surface area contributed by atoms with Crippen molar-refractivity contribution >= 4 is 46.3 Å². The number of aromatic nitrogens is 3. The van der Waals surface area contributed by atoms with Gasteiger partial charge in [-0.25, -0.2) is 0 Å². The van der Waals surface area contributed by atoms with Gasteiger partial charge in [0.05, 0.1) is 42.6 Å². The third-order valence-electron chi connectivity index (χ3n) is 6.45. The van der Waals surface area contributed by atoms with Gasteiger partial charge < -0.3 is 19.4 Å². The van der Waals surface area contributed by atoms with E-state index in [1.165, 1.54) is 32.9 Å². The minimum absolute atomic E-state index is 0.174. The summed E-state index contributed by atoms with van der Waals surface area (Å²) in [5, 5.41) is 7.93. The van der Waals surface area contributed by atoms with Gasteiger partial charge in [0.25, 0.3) is 11.5 Å². The number of rotatable bonds is 8. The van der Waals surface area contributed by atoms with E-state index in [1.807, 2.05) is 43.9 Å². The molecule has 1 fully saturated rings. The Kier molecular flexibility index (Phi) is 7.97. The zero-order valence-electron chi connectivity index (χ0n) is 22.5. The van der Waals surface area contributed by atoms with Gasteiger partial charge in [0, 0.05) is 41.1 Å². The number of morpholine rings is 1. The molecule has 4 aromatic rings. The molecule has 0 saturated carbocycles. The molecule has 210 valence electrons. The van der Waals surface area contributed by atoms with Crippen molar-refractivity contribution in [3.8, 4) is 11.3 Å². The second-order valence-electron chi connectivity index (χ2n) is 10.5. The SMILES string of the molecule is CC(C)(C)C(=O)n1nc(-c2cc(N3CCOCC3)n(CC(=O)c3ccco3)c(=O)c2)cc1NCc1ccc(Cl)s1. The summed E-state index contributed by atoms with van der Waals surface area (Å²) in [7, 11) is 0. The highest BCUT2D eigenvalue weighted by molar-refractivity contribution is 7.16. The van der Waals surface area contributed by atoms with Crippen LogP contribution in [0.5, 0.6) is 0 Å². The number of halogens is 1. The van der Waals surface area contributed by atoms with Crippen LogP contribution in [0.3, 0.4) is 0 Å². The summed E-state index contributed by atoms with van der Waals surface area (Å²) in [6.45, 7) is 7.88. The molecule has 12 heteroatoms. The lowest BCUT2D eigenvalue weighted by molar-refractivity contribution is 0.0752. The Balaban J connectivity index is 1.54. The third-order valence-corrected chi connectivity index (χ3v) is 7.68. The largest absolute Gasteiger partial charge is 0.461 e. The van der Waals surface area contributed by atoms with E-state index in [0.717, 1.165) is 4.88 Å². The number of pyridine rings is 1. The second kappa shape index (κ2) is 11.4. The Morgan fingerprint density at radius 3 is 2.55 bits per heavy atom. The number of nitrogens with zero attached hydrogens (tertiary/aromatic N) is 4. The number of nitrogens with one attached hydrogen (secondary N) is 1. The fraction of sp³-hybridized carbons (Fsp3) is 0.357. The zero-order valence-corrected chi connectivity index (χ0v) is 24.1. The molecule has 0 radical (unpaired) electrons. The first kappa shape index (κ1) is 27.9. The second-order valence-corrected chi connectivity index (χ2v) is 12.3. The molecule has 0 unspecified atom stereocenters. The predicted octanol–water partition coefficient (Wildman–Crippen LogP) is 5.04. The molecule has 0 bridgehead atoms. The summed E-state index contributed by atoms with van der Waals surface area (Å²) in [4.78, 5) is 42.7. The number of anilines is 2.